The van der Waals surface area contributed by atoms with Crippen LogP contribution in [0.4, 0.5) is 0 Å². The molecule has 6 nitrogen and oxygen atoms in total. The highest BCUT2D eigenvalue weighted by atomic mass is 16.7. The first-order valence-electron chi connectivity index (χ1n) is 14.0. The molecular formula is C33H38O6. The zero-order valence-corrected chi connectivity index (χ0v) is 22.5. The molecule has 8 atom stereocenters. The topological polar surface area (TPSA) is 58.7 Å². The van der Waals surface area contributed by atoms with E-state index in [1.54, 1.807) is 7.11 Å². The van der Waals surface area contributed by atoms with E-state index in [0.717, 1.165) is 23.1 Å². The van der Waals surface area contributed by atoms with Crippen LogP contribution in [-0.4, -0.2) is 51.0 Å². The highest BCUT2D eigenvalue weighted by Crippen LogP contribution is 2.56. The Morgan fingerprint density at radius 2 is 1.13 bits per heavy atom. The van der Waals surface area contributed by atoms with E-state index in [9.17, 15) is 0 Å². The standard InChI is InChI=1S/C33H38O6/c1-34-22-35-21-26-17-27-30(39-27)29-28(26)31(36-18-23-11-5-2-6-12-23)33(38-20-25-15-9-4-10-16-25)32(29)37-19-24-13-7-3-8-14-24/h2-16,26-33H,17-22H2,1H3/t26-,27-,28-,29+,30-,31+,32-,33-/m1/s1. The Bertz CT molecular complexity index is 1140. The van der Waals surface area contributed by atoms with Gasteiger partial charge in [-0.25, -0.2) is 0 Å². The third-order valence-corrected chi connectivity index (χ3v) is 8.32. The van der Waals surface area contributed by atoms with Crippen molar-refractivity contribution in [3.05, 3.63) is 108 Å². The zero-order valence-electron chi connectivity index (χ0n) is 22.5. The Morgan fingerprint density at radius 1 is 0.641 bits per heavy atom. The van der Waals surface area contributed by atoms with E-state index >= 15 is 0 Å². The van der Waals surface area contributed by atoms with Crippen molar-refractivity contribution < 1.29 is 28.4 Å². The van der Waals surface area contributed by atoms with E-state index in [1.807, 2.05) is 30.3 Å². The molecule has 0 spiro atoms. The summed E-state index contributed by atoms with van der Waals surface area (Å²) in [7, 11) is 1.66. The van der Waals surface area contributed by atoms with Crippen molar-refractivity contribution in [2.75, 3.05) is 20.5 Å². The van der Waals surface area contributed by atoms with Crippen LogP contribution in [0.1, 0.15) is 23.1 Å². The SMILES string of the molecule is COCOC[C@H]1C[C@H]2O[C@H]2[C@H]2[C@@H](OCc3ccccc3)[C@H](OCc3ccccc3)[C@@H](OCc3ccccc3)[C@H]12. The van der Waals surface area contributed by atoms with Gasteiger partial charge in [0.1, 0.15) is 12.9 Å². The quantitative estimate of drug-likeness (QED) is 0.168. The molecule has 6 rings (SSSR count). The summed E-state index contributed by atoms with van der Waals surface area (Å²) in [5.74, 6) is 0.629. The number of fused-ring (bicyclic) bond motifs is 3. The lowest BCUT2D eigenvalue weighted by molar-refractivity contribution is -0.134. The fourth-order valence-corrected chi connectivity index (χ4v) is 6.56. The number of methoxy groups -OCH3 is 1. The normalized spacial score (nSPS) is 31.0. The molecule has 3 aromatic carbocycles. The maximum absolute atomic E-state index is 6.80. The first kappa shape index (κ1) is 26.6. The van der Waals surface area contributed by atoms with E-state index in [4.69, 9.17) is 28.4 Å². The van der Waals surface area contributed by atoms with Crippen molar-refractivity contribution in [2.24, 2.45) is 17.8 Å². The molecule has 0 bridgehead atoms. The van der Waals surface area contributed by atoms with Crippen molar-refractivity contribution in [1.29, 1.82) is 0 Å². The molecule has 206 valence electrons. The first-order valence-corrected chi connectivity index (χ1v) is 14.0. The van der Waals surface area contributed by atoms with Crippen LogP contribution in [0.25, 0.3) is 0 Å². The highest BCUT2D eigenvalue weighted by Gasteiger charge is 2.66. The Hall–Kier alpha value is -2.58. The van der Waals surface area contributed by atoms with Gasteiger partial charge in [-0.15, -0.1) is 0 Å². The van der Waals surface area contributed by atoms with Crippen molar-refractivity contribution in [3.8, 4) is 0 Å². The minimum atomic E-state index is -0.236. The molecule has 3 fully saturated rings. The predicted molar refractivity (Wildman–Crippen MR) is 147 cm³/mol. The molecule has 39 heavy (non-hydrogen) atoms. The molecule has 0 aromatic heterocycles. The Labute approximate surface area is 231 Å². The van der Waals surface area contributed by atoms with Crippen LogP contribution in [0, 0.1) is 17.8 Å². The summed E-state index contributed by atoms with van der Waals surface area (Å²) >= 11 is 0. The maximum Gasteiger partial charge on any atom is 0.146 e. The van der Waals surface area contributed by atoms with Gasteiger partial charge < -0.3 is 28.4 Å². The number of ether oxygens (including phenoxy) is 6. The molecule has 1 saturated heterocycles. The lowest BCUT2D eigenvalue weighted by Gasteiger charge is -2.35. The molecule has 3 aromatic rings. The summed E-state index contributed by atoms with van der Waals surface area (Å²) in [4.78, 5) is 0. The Kier molecular flexibility index (Phi) is 8.69. The van der Waals surface area contributed by atoms with Crippen molar-refractivity contribution in [2.45, 2.75) is 56.8 Å². The molecule has 0 radical (unpaired) electrons. The number of epoxide rings is 1. The van der Waals surface area contributed by atoms with Crippen molar-refractivity contribution >= 4 is 0 Å². The van der Waals surface area contributed by atoms with Gasteiger partial charge in [0, 0.05) is 18.9 Å². The van der Waals surface area contributed by atoms with Gasteiger partial charge in [0.2, 0.25) is 0 Å². The summed E-state index contributed by atoms with van der Waals surface area (Å²) in [6.07, 6.45) is 0.828. The van der Waals surface area contributed by atoms with Crippen molar-refractivity contribution in [3.63, 3.8) is 0 Å². The van der Waals surface area contributed by atoms with Crippen LogP contribution >= 0.6 is 0 Å². The molecule has 2 aliphatic carbocycles. The minimum Gasteiger partial charge on any atom is -0.370 e. The van der Waals surface area contributed by atoms with Gasteiger partial charge in [-0.1, -0.05) is 91.0 Å². The Balaban J connectivity index is 1.29. The summed E-state index contributed by atoms with van der Waals surface area (Å²) in [5.41, 5.74) is 3.43. The molecule has 3 aliphatic rings. The molecule has 0 unspecified atom stereocenters. The van der Waals surface area contributed by atoms with E-state index in [2.05, 4.69) is 60.7 Å². The average molecular weight is 531 g/mol. The Morgan fingerprint density at radius 3 is 1.64 bits per heavy atom. The first-order chi connectivity index (χ1) is 19.3. The van der Waals surface area contributed by atoms with E-state index in [-0.39, 0.29) is 55.1 Å². The number of benzene rings is 3. The van der Waals surface area contributed by atoms with Gasteiger partial charge in [0.15, 0.2) is 0 Å². The largest absolute Gasteiger partial charge is 0.370 e. The zero-order chi connectivity index (χ0) is 26.4. The fourth-order valence-electron chi connectivity index (χ4n) is 6.56. The fraction of sp³-hybridized carbons (Fsp3) is 0.455. The average Bonchev–Trinajstić information content (AvgIpc) is 3.70. The molecular weight excluding hydrogens is 492 g/mol. The third-order valence-electron chi connectivity index (χ3n) is 8.32. The minimum absolute atomic E-state index is 0.152. The molecule has 1 aliphatic heterocycles. The second-order valence-electron chi connectivity index (χ2n) is 10.9. The van der Waals surface area contributed by atoms with Crippen LogP contribution in [0.2, 0.25) is 0 Å². The van der Waals surface area contributed by atoms with Crippen LogP contribution < -0.4 is 0 Å². The monoisotopic (exact) mass is 530 g/mol. The summed E-state index contributed by atoms with van der Waals surface area (Å²) in [5, 5.41) is 0. The smallest absolute Gasteiger partial charge is 0.146 e. The van der Waals surface area contributed by atoms with Gasteiger partial charge >= 0.3 is 0 Å². The van der Waals surface area contributed by atoms with Crippen LogP contribution in [0.5, 0.6) is 0 Å². The van der Waals surface area contributed by atoms with Gasteiger partial charge in [0.05, 0.1) is 50.8 Å². The van der Waals surface area contributed by atoms with Crippen molar-refractivity contribution in [1.82, 2.24) is 0 Å². The predicted octanol–water partition coefficient (Wildman–Crippen LogP) is 5.40. The summed E-state index contributed by atoms with van der Waals surface area (Å²) < 4.78 is 37.7. The maximum atomic E-state index is 6.80. The van der Waals surface area contributed by atoms with Gasteiger partial charge in [-0.2, -0.15) is 0 Å². The van der Waals surface area contributed by atoms with Crippen LogP contribution in [0.3, 0.4) is 0 Å². The van der Waals surface area contributed by atoms with Gasteiger partial charge in [0.25, 0.3) is 0 Å². The van der Waals surface area contributed by atoms with E-state index in [0.29, 0.717) is 26.4 Å². The second kappa shape index (κ2) is 12.7. The second-order valence-corrected chi connectivity index (χ2v) is 10.9. The highest BCUT2D eigenvalue weighted by molar-refractivity contribution is 5.18. The molecule has 6 heteroatoms. The van der Waals surface area contributed by atoms with Gasteiger partial charge in [-0.3, -0.25) is 0 Å². The van der Waals surface area contributed by atoms with Crippen LogP contribution in [0.15, 0.2) is 91.0 Å². The number of rotatable bonds is 13. The van der Waals surface area contributed by atoms with E-state index in [1.165, 1.54) is 0 Å². The lowest BCUT2D eigenvalue weighted by atomic mass is 9.73. The third kappa shape index (κ3) is 6.27. The lowest BCUT2D eigenvalue weighted by Crippen LogP contribution is -2.41. The van der Waals surface area contributed by atoms with E-state index < -0.39 is 0 Å². The molecule has 1 heterocycles. The molecule has 2 saturated carbocycles. The number of hydrogen-bond donors (Lipinski definition) is 0. The summed E-state index contributed by atoms with van der Waals surface area (Å²) in [6, 6.07) is 31.0. The number of hydrogen-bond acceptors (Lipinski definition) is 6. The van der Waals surface area contributed by atoms with Crippen LogP contribution in [-0.2, 0) is 48.2 Å². The molecule has 0 amide bonds. The van der Waals surface area contributed by atoms with Gasteiger partial charge in [-0.05, 0) is 29.0 Å². The summed E-state index contributed by atoms with van der Waals surface area (Å²) in [6.45, 7) is 2.42. The molecule has 0 N–H and O–H groups in total.